The zero-order chi connectivity index (χ0) is 16.1. The molecule has 0 radical (unpaired) electrons. The van der Waals surface area contributed by atoms with Crippen molar-refractivity contribution in [3.8, 4) is 0 Å². The molecule has 1 aliphatic rings. The number of carbonyl (C=O) groups excluding carboxylic acids is 2. The first-order chi connectivity index (χ1) is 10.5. The number of anilines is 2. The van der Waals surface area contributed by atoms with E-state index in [1.807, 2.05) is 24.0 Å². The molecule has 2 N–H and O–H groups in total. The molecule has 6 heteroatoms. The van der Waals surface area contributed by atoms with Gasteiger partial charge in [0.05, 0.1) is 17.3 Å². The lowest BCUT2D eigenvalue weighted by Gasteiger charge is -2.29. The van der Waals surface area contributed by atoms with Gasteiger partial charge in [0.2, 0.25) is 11.8 Å². The Balaban J connectivity index is 2.06. The normalized spacial score (nSPS) is 16.1. The zero-order valence-corrected chi connectivity index (χ0v) is 13.7. The Kier molecular flexibility index (Phi) is 5.66. The van der Waals surface area contributed by atoms with E-state index in [4.69, 9.17) is 11.6 Å². The van der Waals surface area contributed by atoms with Gasteiger partial charge in [0.15, 0.2) is 0 Å². The van der Waals surface area contributed by atoms with Crippen LogP contribution in [0.2, 0.25) is 5.02 Å². The van der Waals surface area contributed by atoms with Crippen molar-refractivity contribution in [2.45, 2.75) is 26.7 Å². The van der Waals surface area contributed by atoms with Crippen molar-refractivity contribution in [2.24, 2.45) is 5.92 Å². The second-order valence-electron chi connectivity index (χ2n) is 5.62. The lowest BCUT2D eigenvalue weighted by molar-refractivity contribution is -0.120. The standard InChI is InChI=1S/C16H22ClN3O2/c1-3-4-11(2)16(22)19-12-5-6-14(13(17)9-12)20-8-7-18-15(21)10-20/h5-6,9,11H,3-4,7-8,10H2,1-2H3,(H,18,21)(H,19,22)/t11-/m0/s1. The number of benzene rings is 1. The summed E-state index contributed by atoms with van der Waals surface area (Å²) in [5.41, 5.74) is 1.50. The summed E-state index contributed by atoms with van der Waals surface area (Å²) in [6.07, 6.45) is 1.84. The average Bonchev–Trinajstić information content (AvgIpc) is 2.47. The fourth-order valence-corrected chi connectivity index (χ4v) is 2.81. The summed E-state index contributed by atoms with van der Waals surface area (Å²) < 4.78 is 0. The van der Waals surface area contributed by atoms with Crippen molar-refractivity contribution < 1.29 is 9.59 Å². The van der Waals surface area contributed by atoms with Crippen molar-refractivity contribution in [3.63, 3.8) is 0 Å². The van der Waals surface area contributed by atoms with E-state index in [-0.39, 0.29) is 17.7 Å². The van der Waals surface area contributed by atoms with Crippen molar-refractivity contribution in [2.75, 3.05) is 29.9 Å². The fraction of sp³-hybridized carbons (Fsp3) is 0.500. The molecular weight excluding hydrogens is 302 g/mol. The minimum absolute atomic E-state index is 0.00279. The van der Waals surface area contributed by atoms with Gasteiger partial charge in [0.1, 0.15) is 0 Å². The molecule has 0 bridgehead atoms. The van der Waals surface area contributed by atoms with Crippen LogP contribution in [-0.4, -0.2) is 31.4 Å². The number of rotatable bonds is 5. The topological polar surface area (TPSA) is 61.4 Å². The van der Waals surface area contributed by atoms with Crippen LogP contribution in [0.25, 0.3) is 0 Å². The Labute approximate surface area is 136 Å². The van der Waals surface area contributed by atoms with Crippen LogP contribution < -0.4 is 15.5 Å². The smallest absolute Gasteiger partial charge is 0.239 e. The van der Waals surface area contributed by atoms with Gasteiger partial charge in [-0.3, -0.25) is 9.59 Å². The van der Waals surface area contributed by atoms with Crippen LogP contribution in [0, 0.1) is 5.92 Å². The number of nitrogens with one attached hydrogen (secondary N) is 2. The lowest BCUT2D eigenvalue weighted by Crippen LogP contribution is -2.47. The molecule has 0 aromatic heterocycles. The third-order valence-electron chi connectivity index (χ3n) is 3.76. The highest BCUT2D eigenvalue weighted by Gasteiger charge is 2.19. The molecule has 0 spiro atoms. The van der Waals surface area contributed by atoms with Crippen molar-refractivity contribution in [1.29, 1.82) is 0 Å². The zero-order valence-electron chi connectivity index (χ0n) is 13.0. The van der Waals surface area contributed by atoms with Crippen LogP contribution in [0.5, 0.6) is 0 Å². The van der Waals surface area contributed by atoms with E-state index >= 15 is 0 Å². The van der Waals surface area contributed by atoms with Gasteiger partial charge in [-0.1, -0.05) is 31.9 Å². The van der Waals surface area contributed by atoms with E-state index in [0.717, 1.165) is 25.1 Å². The SMILES string of the molecule is CCC[C@H](C)C(=O)Nc1ccc(N2CCNC(=O)C2)c(Cl)c1. The number of hydrogen-bond acceptors (Lipinski definition) is 3. The predicted octanol–water partition coefficient (Wildman–Crippen LogP) is 2.65. The summed E-state index contributed by atoms with van der Waals surface area (Å²) in [6, 6.07) is 5.41. The Morgan fingerprint density at radius 2 is 2.27 bits per heavy atom. The Bertz CT molecular complexity index is 562. The molecule has 2 amide bonds. The summed E-state index contributed by atoms with van der Waals surface area (Å²) in [5, 5.41) is 6.21. The first kappa shape index (κ1) is 16.6. The molecule has 1 saturated heterocycles. The average molecular weight is 324 g/mol. The Morgan fingerprint density at radius 1 is 1.50 bits per heavy atom. The molecule has 120 valence electrons. The number of nitrogens with zero attached hydrogens (tertiary/aromatic N) is 1. The highest BCUT2D eigenvalue weighted by atomic mass is 35.5. The summed E-state index contributed by atoms with van der Waals surface area (Å²) in [4.78, 5) is 25.4. The van der Waals surface area contributed by atoms with Gasteiger partial charge in [-0.2, -0.15) is 0 Å². The Morgan fingerprint density at radius 3 is 2.91 bits per heavy atom. The number of carbonyl (C=O) groups is 2. The molecule has 0 unspecified atom stereocenters. The van der Waals surface area contributed by atoms with Crippen LogP contribution in [-0.2, 0) is 9.59 Å². The first-order valence-electron chi connectivity index (χ1n) is 7.63. The molecule has 0 aliphatic carbocycles. The third kappa shape index (κ3) is 4.13. The second kappa shape index (κ2) is 7.49. The fourth-order valence-electron chi connectivity index (χ4n) is 2.51. The van der Waals surface area contributed by atoms with E-state index in [9.17, 15) is 9.59 Å². The van der Waals surface area contributed by atoms with Gasteiger partial charge in [-0.05, 0) is 24.6 Å². The number of piperazine rings is 1. The molecule has 22 heavy (non-hydrogen) atoms. The summed E-state index contributed by atoms with van der Waals surface area (Å²) >= 11 is 6.31. The van der Waals surface area contributed by atoms with Crippen LogP contribution in [0.4, 0.5) is 11.4 Å². The number of hydrogen-bond donors (Lipinski definition) is 2. The van der Waals surface area contributed by atoms with Crippen LogP contribution in [0.3, 0.4) is 0 Å². The number of amides is 2. The molecule has 1 heterocycles. The lowest BCUT2D eigenvalue weighted by atomic mass is 10.1. The molecule has 2 rings (SSSR count). The van der Waals surface area contributed by atoms with Gasteiger partial charge in [0, 0.05) is 24.7 Å². The van der Waals surface area contributed by atoms with E-state index < -0.39 is 0 Å². The van der Waals surface area contributed by atoms with Gasteiger partial charge >= 0.3 is 0 Å². The van der Waals surface area contributed by atoms with Crippen molar-refractivity contribution in [1.82, 2.24) is 5.32 Å². The largest absolute Gasteiger partial charge is 0.359 e. The van der Waals surface area contributed by atoms with E-state index in [1.54, 1.807) is 6.07 Å². The highest BCUT2D eigenvalue weighted by molar-refractivity contribution is 6.33. The summed E-state index contributed by atoms with van der Waals surface area (Å²) in [5.74, 6) is -0.0228. The maximum Gasteiger partial charge on any atom is 0.239 e. The van der Waals surface area contributed by atoms with E-state index in [2.05, 4.69) is 17.6 Å². The van der Waals surface area contributed by atoms with Crippen LogP contribution in [0.15, 0.2) is 18.2 Å². The molecule has 1 aromatic carbocycles. The molecule has 1 aromatic rings. The maximum atomic E-state index is 12.0. The third-order valence-corrected chi connectivity index (χ3v) is 4.07. The highest BCUT2D eigenvalue weighted by Crippen LogP contribution is 2.29. The molecule has 1 fully saturated rings. The van der Waals surface area contributed by atoms with Crippen LogP contribution >= 0.6 is 11.6 Å². The molecular formula is C16H22ClN3O2. The molecule has 0 saturated carbocycles. The van der Waals surface area contributed by atoms with Gasteiger partial charge < -0.3 is 15.5 Å². The summed E-state index contributed by atoms with van der Waals surface area (Å²) in [6.45, 7) is 5.62. The molecule has 1 aliphatic heterocycles. The van der Waals surface area contributed by atoms with Crippen molar-refractivity contribution >= 4 is 34.8 Å². The predicted molar refractivity (Wildman–Crippen MR) is 89.4 cm³/mol. The quantitative estimate of drug-likeness (QED) is 0.875. The number of halogens is 1. The van der Waals surface area contributed by atoms with Crippen LogP contribution in [0.1, 0.15) is 26.7 Å². The van der Waals surface area contributed by atoms with Gasteiger partial charge in [-0.25, -0.2) is 0 Å². The second-order valence-corrected chi connectivity index (χ2v) is 6.02. The monoisotopic (exact) mass is 323 g/mol. The minimum Gasteiger partial charge on any atom is -0.359 e. The summed E-state index contributed by atoms with van der Waals surface area (Å²) in [7, 11) is 0. The first-order valence-corrected chi connectivity index (χ1v) is 8.01. The van der Waals surface area contributed by atoms with Crippen molar-refractivity contribution in [3.05, 3.63) is 23.2 Å². The minimum atomic E-state index is -0.0192. The van der Waals surface area contributed by atoms with E-state index in [0.29, 0.717) is 23.8 Å². The van der Waals surface area contributed by atoms with E-state index in [1.165, 1.54) is 0 Å². The maximum absolute atomic E-state index is 12.0. The van der Waals surface area contributed by atoms with Gasteiger partial charge in [0.25, 0.3) is 0 Å². The molecule has 5 nitrogen and oxygen atoms in total. The van der Waals surface area contributed by atoms with Gasteiger partial charge in [-0.15, -0.1) is 0 Å². The molecule has 1 atom stereocenters. The Hall–Kier alpha value is -1.75.